The van der Waals surface area contributed by atoms with Crippen molar-refractivity contribution in [2.24, 2.45) is 0 Å². The van der Waals surface area contributed by atoms with Gasteiger partial charge in [0.1, 0.15) is 0 Å². The maximum atomic E-state index is 12.1. The van der Waals surface area contributed by atoms with E-state index >= 15 is 0 Å². The van der Waals surface area contributed by atoms with Gasteiger partial charge in [-0.25, -0.2) is 4.98 Å². The van der Waals surface area contributed by atoms with Crippen molar-refractivity contribution in [3.05, 3.63) is 60.3 Å². The molecule has 0 atom stereocenters. The predicted octanol–water partition coefficient (Wildman–Crippen LogP) is 2.41. The van der Waals surface area contributed by atoms with Crippen LogP contribution < -0.4 is 27.0 Å². The van der Waals surface area contributed by atoms with Gasteiger partial charge in [0.15, 0.2) is 5.82 Å². The summed E-state index contributed by atoms with van der Waals surface area (Å²) in [4.78, 5) is 34.7. The molecule has 2 amide bonds. The molecule has 6 N–H and O–H groups in total. The number of hydrogen-bond acceptors (Lipinski definition) is 8. The third kappa shape index (κ3) is 6.69. The van der Waals surface area contributed by atoms with Gasteiger partial charge < -0.3 is 27.0 Å². The molecule has 2 aromatic carbocycles. The van der Waals surface area contributed by atoms with Crippen LogP contribution in [0, 0.1) is 11.8 Å². The highest BCUT2D eigenvalue weighted by molar-refractivity contribution is 6.04. The normalized spacial score (nSPS) is 10.1. The van der Waals surface area contributed by atoms with Gasteiger partial charge in [0.05, 0.1) is 29.7 Å². The minimum absolute atomic E-state index is 0.237. The third-order valence-electron chi connectivity index (χ3n) is 4.44. The second-order valence-corrected chi connectivity index (χ2v) is 7.45. The Morgan fingerprint density at radius 1 is 1.06 bits per heavy atom. The average Bonchev–Trinajstić information content (AvgIpc) is 2.81. The van der Waals surface area contributed by atoms with Crippen molar-refractivity contribution in [1.82, 2.24) is 20.2 Å². The van der Waals surface area contributed by atoms with E-state index in [0.717, 1.165) is 0 Å². The Morgan fingerprint density at radius 3 is 2.59 bits per heavy atom. The third-order valence-corrected chi connectivity index (χ3v) is 4.44. The zero-order valence-corrected chi connectivity index (χ0v) is 19.1. The van der Waals surface area contributed by atoms with E-state index in [2.05, 4.69) is 43.1 Å². The maximum Gasteiger partial charge on any atom is 0.300 e. The largest absolute Gasteiger partial charge is 0.394 e. The van der Waals surface area contributed by atoms with Crippen molar-refractivity contribution in [2.75, 3.05) is 49.4 Å². The van der Waals surface area contributed by atoms with Crippen molar-refractivity contribution in [1.29, 1.82) is 0 Å². The number of carbonyl (C=O) groups is 2. The first-order valence-electron chi connectivity index (χ1n) is 10.4. The number of nitrogen functional groups attached to an aromatic ring is 1. The summed E-state index contributed by atoms with van der Waals surface area (Å²) in [5.74, 6) is 5.32. The summed E-state index contributed by atoms with van der Waals surface area (Å²) in [6, 6.07) is 14.1. The standard InChI is InChI=1S/C24H26N8O2/c1-26-23(34)18-10-4-5-11-20(18)30-22-19(25)15-27-24(31-22)29-17-9-6-8-16(14-17)28-21(33)12-7-13-32(2)3/h4-6,8-11,14-15H,13,25H2,1-3H3,(H,26,34)(H,28,33)(H2,27,29,30,31). The van der Waals surface area contributed by atoms with Gasteiger partial charge in [-0.2, -0.15) is 4.98 Å². The molecule has 0 saturated carbocycles. The summed E-state index contributed by atoms with van der Waals surface area (Å²) in [5.41, 5.74) is 8.59. The number of amides is 2. The lowest BCUT2D eigenvalue weighted by Crippen LogP contribution is -2.19. The van der Waals surface area contributed by atoms with E-state index in [-0.39, 0.29) is 11.9 Å². The molecule has 0 spiro atoms. The lowest BCUT2D eigenvalue weighted by atomic mass is 10.1. The Bertz CT molecular complexity index is 1250. The van der Waals surface area contributed by atoms with Crippen LogP contribution in [-0.4, -0.2) is 54.4 Å². The molecule has 0 aliphatic heterocycles. The number of anilines is 6. The van der Waals surface area contributed by atoms with Crippen molar-refractivity contribution >= 4 is 46.3 Å². The van der Waals surface area contributed by atoms with Crippen LogP contribution in [0.4, 0.5) is 34.5 Å². The van der Waals surface area contributed by atoms with Crippen LogP contribution in [0.25, 0.3) is 0 Å². The smallest absolute Gasteiger partial charge is 0.300 e. The number of hydrogen-bond donors (Lipinski definition) is 5. The van der Waals surface area contributed by atoms with Crippen LogP contribution >= 0.6 is 0 Å². The van der Waals surface area contributed by atoms with Crippen LogP contribution in [-0.2, 0) is 4.79 Å². The first-order valence-corrected chi connectivity index (χ1v) is 10.4. The first-order chi connectivity index (χ1) is 16.4. The monoisotopic (exact) mass is 458 g/mol. The minimum Gasteiger partial charge on any atom is -0.394 e. The van der Waals surface area contributed by atoms with Gasteiger partial charge in [-0.15, -0.1) is 0 Å². The van der Waals surface area contributed by atoms with Gasteiger partial charge in [0.25, 0.3) is 11.8 Å². The van der Waals surface area contributed by atoms with Gasteiger partial charge in [0.2, 0.25) is 5.95 Å². The highest BCUT2D eigenvalue weighted by Gasteiger charge is 2.12. The van der Waals surface area contributed by atoms with Crippen molar-refractivity contribution < 1.29 is 9.59 Å². The van der Waals surface area contributed by atoms with E-state index in [1.54, 1.807) is 55.6 Å². The summed E-state index contributed by atoms with van der Waals surface area (Å²) in [5, 5.41) is 11.5. The Kier molecular flexibility index (Phi) is 7.99. The molecule has 3 rings (SSSR count). The molecule has 0 aliphatic rings. The summed E-state index contributed by atoms with van der Waals surface area (Å²) >= 11 is 0. The molecule has 0 saturated heterocycles. The van der Waals surface area contributed by atoms with E-state index in [1.165, 1.54) is 6.20 Å². The zero-order valence-electron chi connectivity index (χ0n) is 19.1. The van der Waals surface area contributed by atoms with Gasteiger partial charge in [-0.1, -0.05) is 24.1 Å². The summed E-state index contributed by atoms with van der Waals surface area (Å²) < 4.78 is 0. The fraction of sp³-hybridized carbons (Fsp3) is 0.167. The topological polar surface area (TPSA) is 137 Å². The molecular weight excluding hydrogens is 432 g/mol. The number of aromatic nitrogens is 2. The average molecular weight is 459 g/mol. The second-order valence-electron chi connectivity index (χ2n) is 7.45. The minimum atomic E-state index is -0.399. The summed E-state index contributed by atoms with van der Waals surface area (Å²) in [6.07, 6.45) is 1.46. The van der Waals surface area contributed by atoms with Gasteiger partial charge in [-0.05, 0) is 50.3 Å². The van der Waals surface area contributed by atoms with Crippen LogP contribution in [0.15, 0.2) is 54.7 Å². The molecule has 0 bridgehead atoms. The molecule has 1 heterocycles. The van der Waals surface area contributed by atoms with E-state index in [4.69, 9.17) is 5.73 Å². The van der Waals surface area contributed by atoms with Crippen LogP contribution in [0.2, 0.25) is 0 Å². The molecule has 0 radical (unpaired) electrons. The molecule has 10 heteroatoms. The summed E-state index contributed by atoms with van der Waals surface area (Å²) in [6.45, 7) is 0.494. The number of nitrogens with zero attached hydrogens (tertiary/aromatic N) is 3. The number of rotatable bonds is 7. The zero-order chi connectivity index (χ0) is 24.5. The van der Waals surface area contributed by atoms with Crippen molar-refractivity contribution in [2.45, 2.75) is 0 Å². The Balaban J connectivity index is 1.75. The molecule has 174 valence electrons. The van der Waals surface area contributed by atoms with Gasteiger partial charge in [0, 0.05) is 18.4 Å². The maximum absolute atomic E-state index is 12.1. The summed E-state index contributed by atoms with van der Waals surface area (Å²) in [7, 11) is 5.32. The van der Waals surface area contributed by atoms with Crippen LogP contribution in [0.3, 0.4) is 0 Å². The fourth-order valence-electron chi connectivity index (χ4n) is 2.85. The lowest BCUT2D eigenvalue weighted by molar-refractivity contribution is -0.111. The number of benzene rings is 2. The van der Waals surface area contributed by atoms with Gasteiger partial charge in [-0.3, -0.25) is 14.5 Å². The van der Waals surface area contributed by atoms with Crippen molar-refractivity contribution in [3.8, 4) is 11.8 Å². The van der Waals surface area contributed by atoms with E-state index in [0.29, 0.717) is 40.7 Å². The molecule has 1 aromatic heterocycles. The predicted molar refractivity (Wildman–Crippen MR) is 134 cm³/mol. The molecule has 0 aliphatic carbocycles. The fourth-order valence-corrected chi connectivity index (χ4v) is 2.85. The number of nitrogens with one attached hydrogen (secondary N) is 4. The lowest BCUT2D eigenvalue weighted by Gasteiger charge is -2.13. The Hall–Kier alpha value is -4.62. The number of carbonyl (C=O) groups excluding carboxylic acids is 2. The van der Waals surface area contributed by atoms with Crippen molar-refractivity contribution in [3.63, 3.8) is 0 Å². The highest BCUT2D eigenvalue weighted by Crippen LogP contribution is 2.25. The molecule has 34 heavy (non-hydrogen) atoms. The molecule has 3 aromatic rings. The van der Waals surface area contributed by atoms with E-state index < -0.39 is 5.91 Å². The van der Waals surface area contributed by atoms with E-state index in [9.17, 15) is 9.59 Å². The SMILES string of the molecule is CNC(=O)c1ccccc1Nc1nc(Nc2cccc(NC(=O)C#CCN(C)C)c2)ncc1N. The quantitative estimate of drug-likeness (QED) is 0.341. The molecular formula is C24H26N8O2. The van der Waals surface area contributed by atoms with Gasteiger partial charge >= 0.3 is 0 Å². The molecule has 0 unspecified atom stereocenters. The molecule has 0 fully saturated rings. The van der Waals surface area contributed by atoms with Crippen LogP contribution in [0.1, 0.15) is 10.4 Å². The number of para-hydroxylation sites is 1. The molecule has 10 nitrogen and oxygen atoms in total. The first kappa shape index (κ1) is 24.0. The number of nitrogens with two attached hydrogens (primary N) is 1. The van der Waals surface area contributed by atoms with E-state index in [1.807, 2.05) is 19.0 Å². The Labute approximate surface area is 198 Å². The van der Waals surface area contributed by atoms with Crippen LogP contribution in [0.5, 0.6) is 0 Å². The highest BCUT2D eigenvalue weighted by atomic mass is 16.2. The Morgan fingerprint density at radius 2 is 1.82 bits per heavy atom. The second kappa shape index (κ2) is 11.3.